The van der Waals surface area contributed by atoms with E-state index in [2.05, 4.69) is 15.0 Å². The second kappa shape index (κ2) is 8.67. The number of carbonyl (C=O) groups excluding carboxylic acids is 2. The Kier molecular flexibility index (Phi) is 5.63. The Morgan fingerprint density at radius 1 is 0.759 bits per heavy atom. The third kappa shape index (κ3) is 4.33. The highest BCUT2D eigenvalue weighted by atomic mass is 32.1. The lowest BCUT2D eigenvalue weighted by atomic mass is 10.0. The molecule has 144 valence electrons. The first-order valence-corrected chi connectivity index (χ1v) is 10.1. The topological polar surface area (TPSA) is 71.1 Å². The van der Waals surface area contributed by atoms with Crippen LogP contribution < -0.4 is 10.6 Å². The van der Waals surface area contributed by atoms with Crippen LogP contribution in [0, 0.1) is 0 Å². The van der Waals surface area contributed by atoms with Gasteiger partial charge in [-0.05, 0) is 35.8 Å². The molecule has 0 unspecified atom stereocenters. The Balaban J connectivity index is 1.30. The van der Waals surface area contributed by atoms with Gasteiger partial charge >= 0.3 is 0 Å². The predicted octanol–water partition coefficient (Wildman–Crippen LogP) is 4.37. The van der Waals surface area contributed by atoms with Gasteiger partial charge < -0.3 is 10.6 Å². The number of nitrogens with one attached hydrogen (secondary N) is 2. The molecule has 1 aromatic heterocycles. The van der Waals surface area contributed by atoms with Gasteiger partial charge in [0.05, 0.1) is 4.70 Å². The molecule has 4 rings (SSSR count). The third-order valence-electron chi connectivity index (χ3n) is 4.53. The van der Waals surface area contributed by atoms with Crippen LogP contribution in [0.2, 0.25) is 0 Å². The molecule has 5 nitrogen and oxygen atoms in total. The van der Waals surface area contributed by atoms with Gasteiger partial charge in [-0.3, -0.25) is 9.59 Å². The molecule has 1 amide bonds. The van der Waals surface area contributed by atoms with Crippen LogP contribution in [0.5, 0.6) is 0 Å². The largest absolute Gasteiger partial charge is 0.367 e. The SMILES string of the molecule is O=C(NCCNc1nsc2ccccc12)c1ccc(C(=O)c2ccccc2)cc1. The lowest BCUT2D eigenvalue weighted by Gasteiger charge is -2.07. The zero-order valence-corrected chi connectivity index (χ0v) is 16.4. The van der Waals surface area contributed by atoms with Crippen molar-refractivity contribution in [2.45, 2.75) is 0 Å². The number of hydrogen-bond donors (Lipinski definition) is 2. The van der Waals surface area contributed by atoms with Gasteiger partial charge in [0.2, 0.25) is 0 Å². The molecule has 6 heteroatoms. The highest BCUT2D eigenvalue weighted by molar-refractivity contribution is 7.13. The first-order chi connectivity index (χ1) is 14.2. The highest BCUT2D eigenvalue weighted by Gasteiger charge is 2.11. The van der Waals surface area contributed by atoms with Gasteiger partial charge in [-0.2, -0.15) is 4.37 Å². The summed E-state index contributed by atoms with van der Waals surface area (Å²) in [6, 6.07) is 23.8. The minimum absolute atomic E-state index is 0.0581. The van der Waals surface area contributed by atoms with E-state index in [1.807, 2.05) is 42.5 Å². The van der Waals surface area contributed by atoms with E-state index in [0.29, 0.717) is 29.8 Å². The maximum atomic E-state index is 12.4. The van der Waals surface area contributed by atoms with Crippen molar-refractivity contribution in [2.24, 2.45) is 0 Å². The molecule has 0 aliphatic heterocycles. The maximum Gasteiger partial charge on any atom is 0.251 e. The van der Waals surface area contributed by atoms with Gasteiger partial charge in [0.15, 0.2) is 5.78 Å². The fourth-order valence-corrected chi connectivity index (χ4v) is 3.76. The number of carbonyl (C=O) groups is 2. The molecule has 0 bridgehead atoms. The number of fused-ring (bicyclic) bond motifs is 1. The Morgan fingerprint density at radius 2 is 1.41 bits per heavy atom. The molecule has 1 heterocycles. The van der Waals surface area contributed by atoms with Gasteiger partial charge in [0.25, 0.3) is 5.91 Å². The van der Waals surface area contributed by atoms with E-state index in [-0.39, 0.29) is 11.7 Å². The maximum absolute atomic E-state index is 12.4. The number of hydrogen-bond acceptors (Lipinski definition) is 5. The van der Waals surface area contributed by atoms with E-state index in [4.69, 9.17) is 0 Å². The van der Waals surface area contributed by atoms with Crippen molar-refractivity contribution in [3.05, 3.63) is 95.6 Å². The molecule has 0 radical (unpaired) electrons. The third-order valence-corrected chi connectivity index (χ3v) is 5.35. The van der Waals surface area contributed by atoms with Crippen molar-refractivity contribution in [2.75, 3.05) is 18.4 Å². The van der Waals surface area contributed by atoms with Crippen LogP contribution in [0.1, 0.15) is 26.3 Å². The molecule has 0 atom stereocenters. The van der Waals surface area contributed by atoms with Crippen LogP contribution in [0.25, 0.3) is 10.1 Å². The Hall–Kier alpha value is -3.51. The summed E-state index contributed by atoms with van der Waals surface area (Å²) in [7, 11) is 0. The number of nitrogens with zero attached hydrogens (tertiary/aromatic N) is 1. The van der Waals surface area contributed by atoms with E-state index in [1.54, 1.807) is 36.4 Å². The summed E-state index contributed by atoms with van der Waals surface area (Å²) >= 11 is 1.45. The van der Waals surface area contributed by atoms with Gasteiger partial charge in [-0.25, -0.2) is 0 Å². The second-order valence-corrected chi connectivity index (χ2v) is 7.29. The summed E-state index contributed by atoms with van der Waals surface area (Å²) in [5, 5.41) is 7.22. The van der Waals surface area contributed by atoms with Gasteiger partial charge in [-0.15, -0.1) is 0 Å². The van der Waals surface area contributed by atoms with Crippen LogP contribution >= 0.6 is 11.5 Å². The van der Waals surface area contributed by atoms with Crippen molar-refractivity contribution in [3.63, 3.8) is 0 Å². The molecule has 3 aromatic carbocycles. The first-order valence-electron chi connectivity index (χ1n) is 9.29. The molecular weight excluding hydrogens is 382 g/mol. The molecule has 29 heavy (non-hydrogen) atoms. The molecular formula is C23H19N3O2S. The standard InChI is InChI=1S/C23H19N3O2S/c27-21(16-6-2-1-3-7-16)17-10-12-18(13-11-17)23(28)25-15-14-24-22-19-8-4-5-9-20(19)29-26-22/h1-13H,14-15H2,(H,24,26)(H,25,28). The number of amides is 1. The average molecular weight is 401 g/mol. The van der Waals surface area contributed by atoms with Gasteiger partial charge in [-0.1, -0.05) is 54.6 Å². The molecule has 0 saturated heterocycles. The zero-order valence-electron chi connectivity index (χ0n) is 15.6. The van der Waals surface area contributed by atoms with Crippen LogP contribution in [0.4, 0.5) is 5.82 Å². The second-order valence-electron chi connectivity index (χ2n) is 6.48. The van der Waals surface area contributed by atoms with E-state index in [9.17, 15) is 9.59 Å². The minimum atomic E-state index is -0.173. The monoisotopic (exact) mass is 401 g/mol. The van der Waals surface area contributed by atoms with E-state index in [0.717, 1.165) is 15.9 Å². The van der Waals surface area contributed by atoms with Crippen LogP contribution in [0.15, 0.2) is 78.9 Å². The highest BCUT2D eigenvalue weighted by Crippen LogP contribution is 2.25. The lowest BCUT2D eigenvalue weighted by molar-refractivity contribution is 0.0953. The smallest absolute Gasteiger partial charge is 0.251 e. The normalized spacial score (nSPS) is 10.6. The summed E-state index contributed by atoms with van der Waals surface area (Å²) in [6.07, 6.45) is 0. The van der Waals surface area contributed by atoms with Crippen molar-refractivity contribution < 1.29 is 9.59 Å². The molecule has 0 aliphatic rings. The summed E-state index contributed by atoms with van der Waals surface area (Å²) in [5.41, 5.74) is 1.71. The summed E-state index contributed by atoms with van der Waals surface area (Å²) in [4.78, 5) is 24.8. The Bertz CT molecular complexity index is 1140. The number of anilines is 1. The minimum Gasteiger partial charge on any atom is -0.367 e. The number of benzene rings is 3. The molecule has 4 aromatic rings. The summed E-state index contributed by atoms with van der Waals surface area (Å²) < 4.78 is 5.54. The van der Waals surface area contributed by atoms with E-state index in [1.165, 1.54) is 11.5 Å². The first kappa shape index (κ1) is 18.8. The van der Waals surface area contributed by atoms with Crippen LogP contribution in [-0.4, -0.2) is 29.2 Å². The van der Waals surface area contributed by atoms with Gasteiger partial charge in [0, 0.05) is 35.2 Å². The van der Waals surface area contributed by atoms with E-state index >= 15 is 0 Å². The lowest BCUT2D eigenvalue weighted by Crippen LogP contribution is -2.28. The molecule has 2 N–H and O–H groups in total. The zero-order chi connectivity index (χ0) is 20.1. The van der Waals surface area contributed by atoms with Crippen LogP contribution in [-0.2, 0) is 0 Å². The molecule has 0 spiro atoms. The van der Waals surface area contributed by atoms with E-state index < -0.39 is 0 Å². The summed E-state index contributed by atoms with van der Waals surface area (Å²) in [6.45, 7) is 1.04. The molecule has 0 fully saturated rings. The van der Waals surface area contributed by atoms with Crippen molar-refractivity contribution >= 4 is 39.1 Å². The number of ketones is 1. The quantitative estimate of drug-likeness (QED) is 0.356. The number of rotatable bonds is 7. The molecule has 0 aliphatic carbocycles. The Morgan fingerprint density at radius 3 is 2.21 bits per heavy atom. The average Bonchev–Trinajstić information content (AvgIpc) is 3.20. The van der Waals surface area contributed by atoms with Gasteiger partial charge in [0.1, 0.15) is 5.82 Å². The number of aromatic nitrogens is 1. The van der Waals surface area contributed by atoms with Crippen LogP contribution in [0.3, 0.4) is 0 Å². The summed E-state index contributed by atoms with van der Waals surface area (Å²) in [5.74, 6) is 0.606. The fraction of sp³-hybridized carbons (Fsp3) is 0.0870. The van der Waals surface area contributed by atoms with Crippen molar-refractivity contribution in [1.29, 1.82) is 0 Å². The predicted molar refractivity (Wildman–Crippen MR) is 117 cm³/mol. The molecule has 0 saturated carbocycles. The van der Waals surface area contributed by atoms with Crippen molar-refractivity contribution in [3.8, 4) is 0 Å². The Labute approximate surface area is 172 Å². The van der Waals surface area contributed by atoms with Crippen molar-refractivity contribution in [1.82, 2.24) is 9.69 Å². The fourth-order valence-electron chi connectivity index (χ4n) is 3.00.